The van der Waals surface area contributed by atoms with Crippen molar-refractivity contribution in [1.29, 1.82) is 0 Å². The zero-order valence-corrected chi connectivity index (χ0v) is 9.50. The van der Waals surface area contributed by atoms with Gasteiger partial charge in [0.25, 0.3) is 5.91 Å². The molecule has 1 heterocycles. The van der Waals surface area contributed by atoms with E-state index < -0.39 is 27.5 Å². The quantitative estimate of drug-likeness (QED) is 0.456. The Bertz CT molecular complexity index is 557. The number of benzene rings is 1. The van der Waals surface area contributed by atoms with E-state index in [1.807, 2.05) is 0 Å². The molecule has 0 bridgehead atoms. The van der Waals surface area contributed by atoms with Gasteiger partial charge in [0.1, 0.15) is 9.85 Å². The van der Waals surface area contributed by atoms with Crippen molar-refractivity contribution in [3.05, 3.63) is 56.1 Å². The van der Waals surface area contributed by atoms with E-state index in [9.17, 15) is 25.0 Å². The Morgan fingerprint density at radius 2 is 1.74 bits per heavy atom. The van der Waals surface area contributed by atoms with Crippen molar-refractivity contribution in [3.8, 4) is 0 Å². The highest BCUT2D eigenvalue weighted by Gasteiger charge is 2.70. The van der Waals surface area contributed by atoms with E-state index in [1.54, 1.807) is 30.3 Å². The number of hydrogen-bond donors (Lipinski definition) is 0. The number of nitro groups is 2. The van der Waals surface area contributed by atoms with E-state index in [4.69, 9.17) is 0 Å². The van der Waals surface area contributed by atoms with E-state index in [2.05, 4.69) is 10.2 Å². The largest absolute Gasteiger partial charge is 0.589 e. The molecular formula is C10H8N4O5. The fourth-order valence-corrected chi connectivity index (χ4v) is 1.90. The molecule has 0 aliphatic carbocycles. The number of rotatable bonds is 4. The minimum atomic E-state index is -2.91. The van der Waals surface area contributed by atoms with Crippen LogP contribution in [0.25, 0.3) is 0 Å². The van der Waals surface area contributed by atoms with Gasteiger partial charge in [0.2, 0.25) is 5.92 Å². The van der Waals surface area contributed by atoms with Crippen LogP contribution in [0, 0.1) is 26.1 Å². The predicted octanol–water partition coefficient (Wildman–Crippen LogP) is 1.04. The van der Waals surface area contributed by atoms with E-state index in [0.29, 0.717) is 5.56 Å². The third-order valence-corrected chi connectivity index (χ3v) is 2.88. The molecule has 0 saturated carbocycles. The Morgan fingerprint density at radius 3 is 2.26 bits per heavy atom. The molecule has 19 heavy (non-hydrogen) atoms. The van der Waals surface area contributed by atoms with Gasteiger partial charge in [0.05, 0.1) is 0 Å². The predicted molar refractivity (Wildman–Crippen MR) is 60.2 cm³/mol. The highest BCUT2D eigenvalue weighted by atomic mass is 16.7. The van der Waals surface area contributed by atoms with Gasteiger partial charge in [-0.2, -0.15) is 0 Å². The molecule has 1 aromatic rings. The third-order valence-electron chi connectivity index (χ3n) is 2.88. The molecule has 98 valence electrons. The monoisotopic (exact) mass is 264 g/mol. The lowest BCUT2D eigenvalue weighted by atomic mass is 9.93. The lowest BCUT2D eigenvalue weighted by molar-refractivity contribution is -0.801. The molecule has 0 radical (unpaired) electrons. The van der Waals surface area contributed by atoms with Crippen molar-refractivity contribution in [2.75, 3.05) is 0 Å². The number of azo groups is 1. The molecule has 9 nitrogen and oxygen atoms in total. The standard InChI is InChI=1S/C10H8N4O5/c15-9-8(6-7-4-2-1-3-5-7)10(12-11-9,13(16)17)14(18)19/h1-5,8H,6H2. The van der Waals surface area contributed by atoms with E-state index in [-0.39, 0.29) is 6.42 Å². The van der Waals surface area contributed by atoms with Gasteiger partial charge in [-0.05, 0) is 10.7 Å². The summed E-state index contributed by atoms with van der Waals surface area (Å²) < 4.78 is 0. The van der Waals surface area contributed by atoms with E-state index in [1.165, 1.54) is 0 Å². The van der Waals surface area contributed by atoms with Crippen molar-refractivity contribution in [1.82, 2.24) is 0 Å². The van der Waals surface area contributed by atoms with Crippen LogP contribution in [0.3, 0.4) is 0 Å². The maximum atomic E-state index is 11.5. The second-order valence-electron chi connectivity index (χ2n) is 3.98. The van der Waals surface area contributed by atoms with Crippen LogP contribution in [0.4, 0.5) is 0 Å². The number of amides is 1. The molecular weight excluding hydrogens is 256 g/mol. The molecule has 2 rings (SSSR count). The smallest absolute Gasteiger partial charge is 0.270 e. The molecule has 1 aromatic carbocycles. The highest BCUT2D eigenvalue weighted by molar-refractivity contribution is 5.81. The molecule has 0 aromatic heterocycles. The van der Waals surface area contributed by atoms with Crippen LogP contribution < -0.4 is 0 Å². The summed E-state index contributed by atoms with van der Waals surface area (Å²) in [6.45, 7) is 0. The minimum Gasteiger partial charge on any atom is -0.270 e. The van der Waals surface area contributed by atoms with E-state index in [0.717, 1.165) is 0 Å². The van der Waals surface area contributed by atoms with Gasteiger partial charge >= 0.3 is 5.79 Å². The maximum absolute atomic E-state index is 11.5. The normalized spacial score (nSPS) is 20.4. The number of carbonyl (C=O) groups is 1. The lowest BCUT2D eigenvalue weighted by Gasteiger charge is -2.13. The molecule has 0 saturated heterocycles. The molecule has 1 aliphatic heterocycles. The van der Waals surface area contributed by atoms with Crippen LogP contribution in [-0.2, 0) is 11.2 Å². The van der Waals surface area contributed by atoms with Gasteiger partial charge in [-0.15, -0.1) is 5.11 Å². The maximum Gasteiger partial charge on any atom is 0.589 e. The molecule has 0 spiro atoms. The Labute approximate surface area is 106 Å². The number of hydrogen-bond acceptors (Lipinski definition) is 6. The van der Waals surface area contributed by atoms with Crippen molar-refractivity contribution in [2.45, 2.75) is 12.2 Å². The first-order valence-electron chi connectivity index (χ1n) is 5.28. The highest BCUT2D eigenvalue weighted by Crippen LogP contribution is 2.33. The van der Waals surface area contributed by atoms with Gasteiger partial charge in [-0.1, -0.05) is 30.3 Å². The topological polar surface area (TPSA) is 128 Å². The minimum absolute atomic E-state index is 0.158. The average Bonchev–Trinajstić information content (AvgIpc) is 2.70. The van der Waals surface area contributed by atoms with Gasteiger partial charge in [-0.25, -0.2) is 0 Å². The van der Waals surface area contributed by atoms with Gasteiger partial charge in [-0.3, -0.25) is 25.0 Å². The summed E-state index contributed by atoms with van der Waals surface area (Å²) in [6, 6.07) is 8.31. The Balaban J connectivity index is 2.39. The summed E-state index contributed by atoms with van der Waals surface area (Å²) in [7, 11) is 0. The lowest BCUT2D eigenvalue weighted by Crippen LogP contribution is -2.51. The van der Waals surface area contributed by atoms with Crippen LogP contribution in [0.5, 0.6) is 0 Å². The SMILES string of the molecule is O=C1N=NC([N+](=O)[O-])([N+](=O)[O-])C1Cc1ccccc1. The Hall–Kier alpha value is -2.71. The number of carbonyl (C=O) groups excluding carboxylic acids is 1. The van der Waals surface area contributed by atoms with Crippen molar-refractivity contribution >= 4 is 5.91 Å². The molecule has 1 amide bonds. The molecule has 1 unspecified atom stereocenters. The van der Waals surface area contributed by atoms with Gasteiger partial charge in [0, 0.05) is 6.42 Å². The summed E-state index contributed by atoms with van der Waals surface area (Å²) in [5, 5.41) is 28.0. The van der Waals surface area contributed by atoms with Crippen molar-refractivity contribution in [3.63, 3.8) is 0 Å². The van der Waals surface area contributed by atoms with Crippen molar-refractivity contribution in [2.24, 2.45) is 16.1 Å². The third kappa shape index (κ3) is 1.94. The Kier molecular flexibility index (Phi) is 3.03. The average molecular weight is 264 g/mol. The second-order valence-corrected chi connectivity index (χ2v) is 3.98. The molecule has 1 atom stereocenters. The summed E-state index contributed by atoms with van der Waals surface area (Å²) in [4.78, 5) is 31.1. The van der Waals surface area contributed by atoms with Crippen molar-refractivity contribution < 1.29 is 14.6 Å². The zero-order valence-electron chi connectivity index (χ0n) is 9.50. The molecule has 0 N–H and O–H groups in total. The van der Waals surface area contributed by atoms with Crippen LogP contribution in [0.2, 0.25) is 0 Å². The fraction of sp³-hybridized carbons (Fsp3) is 0.300. The number of nitrogens with zero attached hydrogens (tertiary/aromatic N) is 4. The first-order valence-corrected chi connectivity index (χ1v) is 5.28. The summed E-state index contributed by atoms with van der Waals surface area (Å²) >= 11 is 0. The summed E-state index contributed by atoms with van der Waals surface area (Å²) in [5.74, 6) is -5.38. The second kappa shape index (κ2) is 4.52. The molecule has 1 aliphatic rings. The van der Waals surface area contributed by atoms with Crippen LogP contribution in [-0.4, -0.2) is 21.5 Å². The van der Waals surface area contributed by atoms with Crippen LogP contribution in [0.1, 0.15) is 5.56 Å². The first kappa shape index (κ1) is 12.7. The fourth-order valence-electron chi connectivity index (χ4n) is 1.90. The van der Waals surface area contributed by atoms with Gasteiger partial charge in [0.15, 0.2) is 0 Å². The zero-order chi connectivity index (χ0) is 14.0. The van der Waals surface area contributed by atoms with Crippen LogP contribution in [0.15, 0.2) is 40.6 Å². The summed E-state index contributed by atoms with van der Waals surface area (Å²) in [5.41, 5.74) is 0.571. The van der Waals surface area contributed by atoms with Crippen LogP contribution >= 0.6 is 0 Å². The molecule has 9 heteroatoms. The first-order chi connectivity index (χ1) is 8.98. The molecule has 0 fully saturated rings. The summed E-state index contributed by atoms with van der Waals surface area (Å²) in [6.07, 6.45) is -0.158. The van der Waals surface area contributed by atoms with Gasteiger partial charge < -0.3 is 0 Å². The Morgan fingerprint density at radius 1 is 1.16 bits per heavy atom. The van der Waals surface area contributed by atoms with E-state index >= 15 is 0 Å².